The lowest BCUT2D eigenvalue weighted by Crippen LogP contribution is -2.48. The van der Waals surface area contributed by atoms with E-state index in [-0.39, 0.29) is 17.1 Å². The molecule has 0 saturated carbocycles. The van der Waals surface area contributed by atoms with Gasteiger partial charge in [0.15, 0.2) is 0 Å². The van der Waals surface area contributed by atoms with E-state index in [0.29, 0.717) is 12.5 Å². The molecule has 2 N–H and O–H groups in total. The van der Waals surface area contributed by atoms with Crippen LogP contribution >= 0.6 is 0 Å². The number of carbonyl (C=O) groups excluding carboxylic acids is 2. The first-order valence-corrected chi connectivity index (χ1v) is 7.71. The summed E-state index contributed by atoms with van der Waals surface area (Å²) < 4.78 is 26.3. The first-order chi connectivity index (χ1) is 11.0. The van der Waals surface area contributed by atoms with Gasteiger partial charge in [-0.15, -0.1) is 0 Å². The molecule has 0 aliphatic carbocycles. The molecule has 7 heteroatoms. The minimum Gasteiger partial charge on any atom is -0.345 e. The minimum absolute atomic E-state index is 0.103. The average Bonchev–Trinajstić information content (AvgIpc) is 2.40. The highest BCUT2D eigenvalue weighted by Crippen LogP contribution is 2.22. The molecule has 0 heterocycles. The quantitative estimate of drug-likeness (QED) is 0.809. The van der Waals surface area contributed by atoms with Gasteiger partial charge in [-0.1, -0.05) is 20.8 Å². The summed E-state index contributed by atoms with van der Waals surface area (Å²) in [5.41, 5.74) is -0.343. The highest BCUT2D eigenvalue weighted by atomic mass is 19.1. The molecule has 0 radical (unpaired) electrons. The van der Waals surface area contributed by atoms with E-state index in [2.05, 4.69) is 10.6 Å². The summed E-state index contributed by atoms with van der Waals surface area (Å²) in [6, 6.07) is 2.36. The van der Waals surface area contributed by atoms with Gasteiger partial charge >= 0.3 is 11.8 Å². The van der Waals surface area contributed by atoms with Gasteiger partial charge in [0.25, 0.3) is 0 Å². The van der Waals surface area contributed by atoms with Gasteiger partial charge in [-0.3, -0.25) is 9.59 Å². The molecule has 1 unspecified atom stereocenters. The van der Waals surface area contributed by atoms with Crippen LogP contribution in [0.25, 0.3) is 0 Å². The Hall–Kier alpha value is -2.02. The second-order valence-corrected chi connectivity index (χ2v) is 7.10. The summed E-state index contributed by atoms with van der Waals surface area (Å²) in [6.45, 7) is 6.65. The molecule has 134 valence electrons. The van der Waals surface area contributed by atoms with E-state index in [1.165, 1.54) is 0 Å². The molecule has 24 heavy (non-hydrogen) atoms. The third-order valence-electron chi connectivity index (χ3n) is 3.54. The van der Waals surface area contributed by atoms with Crippen molar-refractivity contribution in [3.8, 4) is 0 Å². The maximum absolute atomic E-state index is 13.1. The number of amides is 2. The van der Waals surface area contributed by atoms with Crippen molar-refractivity contribution in [2.45, 2.75) is 33.2 Å². The molecule has 1 atom stereocenters. The van der Waals surface area contributed by atoms with Gasteiger partial charge in [0.1, 0.15) is 11.6 Å². The zero-order valence-corrected chi connectivity index (χ0v) is 14.7. The standard InChI is InChI=1S/C17H25F2N3O2/c1-17(2,3)14(6-7-22(4)5)21-16(24)15(23)20-13-9-11(18)8-12(19)10-13/h8-10,14H,6-7H2,1-5H3,(H,20,23)(H,21,24). The number of nitrogens with one attached hydrogen (secondary N) is 2. The summed E-state index contributed by atoms with van der Waals surface area (Å²) in [7, 11) is 3.85. The molecular weight excluding hydrogens is 316 g/mol. The highest BCUT2D eigenvalue weighted by molar-refractivity contribution is 6.39. The van der Waals surface area contributed by atoms with Gasteiger partial charge in [0.05, 0.1) is 0 Å². The number of anilines is 1. The molecule has 5 nitrogen and oxygen atoms in total. The third kappa shape index (κ3) is 6.62. The molecule has 0 spiro atoms. The Morgan fingerprint density at radius 2 is 1.62 bits per heavy atom. The Morgan fingerprint density at radius 3 is 2.08 bits per heavy atom. The Morgan fingerprint density at radius 1 is 1.08 bits per heavy atom. The van der Waals surface area contributed by atoms with Gasteiger partial charge < -0.3 is 15.5 Å². The molecule has 0 saturated heterocycles. The van der Waals surface area contributed by atoms with Crippen LogP contribution in [0.3, 0.4) is 0 Å². The Balaban J connectivity index is 2.74. The number of hydrogen-bond acceptors (Lipinski definition) is 3. The number of benzene rings is 1. The summed E-state index contributed by atoms with van der Waals surface area (Å²) >= 11 is 0. The van der Waals surface area contributed by atoms with Crippen LogP contribution in [0.15, 0.2) is 18.2 Å². The Bertz CT molecular complexity index is 578. The fourth-order valence-electron chi connectivity index (χ4n) is 2.15. The molecule has 0 aromatic heterocycles. The monoisotopic (exact) mass is 341 g/mol. The maximum atomic E-state index is 13.1. The summed E-state index contributed by atoms with van der Waals surface area (Å²) in [5, 5.41) is 4.90. The van der Waals surface area contributed by atoms with Crippen molar-refractivity contribution in [1.29, 1.82) is 0 Å². The van der Waals surface area contributed by atoms with Crippen LogP contribution in [0.4, 0.5) is 14.5 Å². The van der Waals surface area contributed by atoms with Crippen LogP contribution in [-0.4, -0.2) is 43.4 Å². The minimum atomic E-state index is -0.959. The van der Waals surface area contributed by atoms with Crippen molar-refractivity contribution < 1.29 is 18.4 Å². The van der Waals surface area contributed by atoms with Crippen LogP contribution in [0, 0.1) is 17.0 Å². The molecule has 1 aromatic rings. The van der Waals surface area contributed by atoms with Gasteiger partial charge in [-0.25, -0.2) is 8.78 Å². The van der Waals surface area contributed by atoms with Gasteiger partial charge in [-0.05, 0) is 44.6 Å². The predicted molar refractivity (Wildman–Crippen MR) is 89.5 cm³/mol. The molecule has 1 aromatic carbocycles. The van der Waals surface area contributed by atoms with Crippen molar-refractivity contribution in [1.82, 2.24) is 10.2 Å². The molecule has 0 fully saturated rings. The lowest BCUT2D eigenvalue weighted by atomic mass is 9.84. The smallest absolute Gasteiger partial charge is 0.313 e. The largest absolute Gasteiger partial charge is 0.345 e. The van der Waals surface area contributed by atoms with E-state index in [1.807, 2.05) is 39.8 Å². The zero-order valence-electron chi connectivity index (χ0n) is 14.7. The zero-order chi connectivity index (χ0) is 18.5. The van der Waals surface area contributed by atoms with E-state index in [9.17, 15) is 18.4 Å². The van der Waals surface area contributed by atoms with Crippen LogP contribution in [0.5, 0.6) is 0 Å². The maximum Gasteiger partial charge on any atom is 0.313 e. The van der Waals surface area contributed by atoms with E-state index >= 15 is 0 Å². The normalized spacial score (nSPS) is 12.8. The first kappa shape index (κ1) is 20.0. The second kappa shape index (κ2) is 8.19. The fourth-order valence-corrected chi connectivity index (χ4v) is 2.15. The molecular formula is C17H25F2N3O2. The van der Waals surface area contributed by atoms with E-state index in [4.69, 9.17) is 0 Å². The second-order valence-electron chi connectivity index (χ2n) is 7.10. The third-order valence-corrected chi connectivity index (χ3v) is 3.54. The lowest BCUT2D eigenvalue weighted by molar-refractivity contribution is -0.137. The molecule has 0 aliphatic rings. The summed E-state index contributed by atoms with van der Waals surface area (Å²) in [5.74, 6) is -3.45. The van der Waals surface area contributed by atoms with Crippen molar-refractivity contribution in [3.05, 3.63) is 29.8 Å². The van der Waals surface area contributed by atoms with Crippen molar-refractivity contribution in [3.63, 3.8) is 0 Å². The SMILES string of the molecule is CN(C)CCC(NC(=O)C(=O)Nc1cc(F)cc(F)c1)C(C)(C)C. The number of carbonyl (C=O) groups is 2. The average molecular weight is 341 g/mol. The number of rotatable bonds is 5. The van der Waals surface area contributed by atoms with Crippen LogP contribution in [0.2, 0.25) is 0 Å². The van der Waals surface area contributed by atoms with Gasteiger partial charge in [0, 0.05) is 17.8 Å². The molecule has 0 bridgehead atoms. The van der Waals surface area contributed by atoms with Crippen LogP contribution < -0.4 is 10.6 Å². The van der Waals surface area contributed by atoms with Crippen molar-refractivity contribution in [2.24, 2.45) is 5.41 Å². The number of nitrogens with zero attached hydrogens (tertiary/aromatic N) is 1. The summed E-state index contributed by atoms with van der Waals surface area (Å²) in [6.07, 6.45) is 0.671. The molecule has 0 aliphatic heterocycles. The van der Waals surface area contributed by atoms with Crippen molar-refractivity contribution >= 4 is 17.5 Å². The van der Waals surface area contributed by atoms with E-state index in [1.54, 1.807) is 0 Å². The predicted octanol–water partition coefficient (Wildman–Crippen LogP) is 2.39. The molecule has 2 amide bonds. The Labute approximate surface area is 141 Å². The van der Waals surface area contributed by atoms with Crippen molar-refractivity contribution in [2.75, 3.05) is 26.0 Å². The highest BCUT2D eigenvalue weighted by Gasteiger charge is 2.28. The van der Waals surface area contributed by atoms with E-state index < -0.39 is 23.4 Å². The fraction of sp³-hybridized carbons (Fsp3) is 0.529. The number of halogens is 2. The first-order valence-electron chi connectivity index (χ1n) is 7.71. The van der Waals surface area contributed by atoms with E-state index in [0.717, 1.165) is 18.7 Å². The Kier molecular flexibility index (Phi) is 6.83. The number of hydrogen-bond donors (Lipinski definition) is 2. The van der Waals surface area contributed by atoms with Crippen LogP contribution in [-0.2, 0) is 9.59 Å². The van der Waals surface area contributed by atoms with Gasteiger partial charge in [0.2, 0.25) is 0 Å². The summed E-state index contributed by atoms with van der Waals surface area (Å²) in [4.78, 5) is 26.0. The van der Waals surface area contributed by atoms with Gasteiger partial charge in [-0.2, -0.15) is 0 Å². The topological polar surface area (TPSA) is 61.4 Å². The van der Waals surface area contributed by atoms with Crippen LogP contribution in [0.1, 0.15) is 27.2 Å². The molecule has 1 rings (SSSR count). The lowest BCUT2D eigenvalue weighted by Gasteiger charge is -2.32.